The summed E-state index contributed by atoms with van der Waals surface area (Å²) < 4.78 is 26.5. The van der Waals surface area contributed by atoms with Gasteiger partial charge in [-0.1, -0.05) is 24.6 Å². The number of anilines is 1. The van der Waals surface area contributed by atoms with E-state index in [1.807, 2.05) is 13.8 Å². The van der Waals surface area contributed by atoms with E-state index in [-0.39, 0.29) is 4.90 Å². The lowest BCUT2D eigenvalue weighted by Gasteiger charge is -2.05. The summed E-state index contributed by atoms with van der Waals surface area (Å²) in [5.74, 6) is 0.312. The summed E-state index contributed by atoms with van der Waals surface area (Å²) in [5.41, 5.74) is 1.90. The van der Waals surface area contributed by atoms with E-state index in [4.69, 9.17) is 0 Å². The number of aromatic amines is 1. The molecule has 0 aliphatic rings. The van der Waals surface area contributed by atoms with Crippen LogP contribution in [0.15, 0.2) is 35.2 Å². The highest BCUT2D eigenvalue weighted by Crippen LogP contribution is 2.15. The number of H-pyrrole nitrogens is 1. The number of benzene rings is 1. The first-order valence-electron chi connectivity index (χ1n) is 5.65. The summed E-state index contributed by atoms with van der Waals surface area (Å²) in [6.45, 7) is 3.87. The molecule has 5 nitrogen and oxygen atoms in total. The zero-order chi connectivity index (χ0) is 13.2. The van der Waals surface area contributed by atoms with Crippen molar-refractivity contribution in [1.29, 1.82) is 0 Å². The van der Waals surface area contributed by atoms with Gasteiger partial charge in [-0.2, -0.15) is 5.10 Å². The summed E-state index contributed by atoms with van der Waals surface area (Å²) in [5, 5.41) is 6.66. The van der Waals surface area contributed by atoms with Crippen LogP contribution in [-0.4, -0.2) is 18.6 Å². The van der Waals surface area contributed by atoms with Crippen molar-refractivity contribution in [1.82, 2.24) is 10.2 Å². The Morgan fingerprint density at radius 2 is 1.94 bits per heavy atom. The average Bonchev–Trinajstić information content (AvgIpc) is 2.76. The van der Waals surface area contributed by atoms with E-state index < -0.39 is 10.0 Å². The minimum Gasteiger partial charge on any atom is -0.280 e. The number of sulfonamides is 1. The molecule has 6 heteroatoms. The number of aromatic nitrogens is 2. The van der Waals surface area contributed by atoms with Crippen LogP contribution in [-0.2, 0) is 16.4 Å². The Kier molecular flexibility index (Phi) is 3.38. The molecular formula is C12H15N3O2S. The smallest absolute Gasteiger partial charge is 0.263 e. The first kappa shape index (κ1) is 12.6. The van der Waals surface area contributed by atoms with Gasteiger partial charge in [-0.15, -0.1) is 0 Å². The van der Waals surface area contributed by atoms with Crippen LogP contribution < -0.4 is 4.72 Å². The van der Waals surface area contributed by atoms with Crippen LogP contribution in [0, 0.1) is 6.92 Å². The minimum absolute atomic E-state index is 0.231. The zero-order valence-corrected chi connectivity index (χ0v) is 11.1. The van der Waals surface area contributed by atoms with E-state index in [1.54, 1.807) is 30.3 Å². The molecule has 1 aromatic heterocycles. The van der Waals surface area contributed by atoms with E-state index >= 15 is 0 Å². The molecule has 0 amide bonds. The lowest BCUT2D eigenvalue weighted by molar-refractivity contribution is 0.601. The Morgan fingerprint density at radius 3 is 2.50 bits per heavy atom. The molecule has 0 spiro atoms. The normalized spacial score (nSPS) is 11.4. The highest BCUT2D eigenvalue weighted by atomic mass is 32.2. The van der Waals surface area contributed by atoms with Crippen molar-refractivity contribution in [2.45, 2.75) is 25.2 Å². The molecule has 18 heavy (non-hydrogen) atoms. The Bertz CT molecular complexity index is 630. The number of aryl methyl sites for hydroxylation is 2. The van der Waals surface area contributed by atoms with Crippen LogP contribution in [0.2, 0.25) is 0 Å². The highest BCUT2D eigenvalue weighted by Gasteiger charge is 2.15. The topological polar surface area (TPSA) is 74.8 Å². The maximum atomic E-state index is 12.0. The largest absolute Gasteiger partial charge is 0.280 e. The van der Waals surface area contributed by atoms with Gasteiger partial charge >= 0.3 is 0 Å². The van der Waals surface area contributed by atoms with E-state index in [0.717, 1.165) is 17.7 Å². The van der Waals surface area contributed by atoms with Crippen molar-refractivity contribution in [2.75, 3.05) is 4.72 Å². The Labute approximate surface area is 106 Å². The standard InChI is InChI=1S/C12H15N3O2S/c1-3-10-8-12(14-13-10)15-18(16,17)11-6-4-9(2)5-7-11/h4-8H,3H2,1-2H3,(H2,13,14,15). The van der Waals surface area contributed by atoms with Gasteiger partial charge in [-0.25, -0.2) is 8.42 Å². The number of hydrogen-bond acceptors (Lipinski definition) is 3. The monoisotopic (exact) mass is 265 g/mol. The van der Waals surface area contributed by atoms with Crippen molar-refractivity contribution in [3.63, 3.8) is 0 Å². The average molecular weight is 265 g/mol. The molecule has 0 saturated heterocycles. The van der Waals surface area contributed by atoms with Crippen LogP contribution in [0.4, 0.5) is 5.82 Å². The summed E-state index contributed by atoms with van der Waals surface area (Å²) in [4.78, 5) is 0.231. The second-order valence-corrected chi connectivity index (χ2v) is 5.73. The van der Waals surface area contributed by atoms with Crippen molar-refractivity contribution < 1.29 is 8.42 Å². The fourth-order valence-electron chi connectivity index (χ4n) is 1.51. The van der Waals surface area contributed by atoms with E-state index in [9.17, 15) is 8.42 Å². The molecule has 2 aromatic rings. The van der Waals surface area contributed by atoms with E-state index in [2.05, 4.69) is 14.9 Å². The minimum atomic E-state index is -3.56. The summed E-state index contributed by atoms with van der Waals surface area (Å²) in [6.07, 6.45) is 0.777. The first-order chi connectivity index (χ1) is 8.51. The van der Waals surface area contributed by atoms with Gasteiger partial charge in [0.2, 0.25) is 0 Å². The summed E-state index contributed by atoms with van der Waals surface area (Å²) >= 11 is 0. The number of rotatable bonds is 4. The van der Waals surface area contributed by atoms with Gasteiger partial charge in [0, 0.05) is 11.8 Å². The fraction of sp³-hybridized carbons (Fsp3) is 0.250. The maximum absolute atomic E-state index is 12.0. The third kappa shape index (κ3) is 2.70. The quantitative estimate of drug-likeness (QED) is 0.888. The van der Waals surface area contributed by atoms with Gasteiger partial charge < -0.3 is 0 Å². The molecule has 0 radical (unpaired) electrons. The molecule has 2 N–H and O–H groups in total. The third-order valence-electron chi connectivity index (χ3n) is 2.58. The van der Waals surface area contributed by atoms with Gasteiger partial charge in [0.1, 0.15) is 0 Å². The molecular weight excluding hydrogens is 250 g/mol. The zero-order valence-electron chi connectivity index (χ0n) is 10.3. The van der Waals surface area contributed by atoms with Crippen LogP contribution >= 0.6 is 0 Å². The SMILES string of the molecule is CCc1cc(NS(=O)(=O)c2ccc(C)cc2)n[nH]1. The van der Waals surface area contributed by atoms with Gasteiger partial charge in [0.25, 0.3) is 10.0 Å². The molecule has 0 aliphatic heterocycles. The Hall–Kier alpha value is -1.82. The maximum Gasteiger partial charge on any atom is 0.263 e. The molecule has 0 aliphatic carbocycles. The molecule has 0 atom stereocenters. The van der Waals surface area contributed by atoms with Crippen molar-refractivity contribution in [2.24, 2.45) is 0 Å². The first-order valence-corrected chi connectivity index (χ1v) is 7.13. The molecule has 96 valence electrons. The van der Waals surface area contributed by atoms with Gasteiger partial charge in [0.05, 0.1) is 4.90 Å². The lowest BCUT2D eigenvalue weighted by atomic mass is 10.2. The lowest BCUT2D eigenvalue weighted by Crippen LogP contribution is -2.13. The second-order valence-electron chi connectivity index (χ2n) is 4.05. The number of hydrogen-bond donors (Lipinski definition) is 2. The predicted octanol–water partition coefficient (Wildman–Crippen LogP) is 2.08. The molecule has 1 heterocycles. The van der Waals surface area contributed by atoms with Gasteiger partial charge in [-0.3, -0.25) is 9.82 Å². The third-order valence-corrected chi connectivity index (χ3v) is 3.95. The van der Waals surface area contributed by atoms with E-state index in [1.165, 1.54) is 0 Å². The van der Waals surface area contributed by atoms with Crippen molar-refractivity contribution in [3.8, 4) is 0 Å². The second kappa shape index (κ2) is 4.81. The van der Waals surface area contributed by atoms with Crippen LogP contribution in [0.5, 0.6) is 0 Å². The van der Waals surface area contributed by atoms with Crippen LogP contribution in [0.3, 0.4) is 0 Å². The van der Waals surface area contributed by atoms with Crippen molar-refractivity contribution in [3.05, 3.63) is 41.6 Å². The van der Waals surface area contributed by atoms with Gasteiger partial charge in [0.15, 0.2) is 5.82 Å². The fourth-order valence-corrected chi connectivity index (χ4v) is 2.50. The Balaban J connectivity index is 2.24. The summed E-state index contributed by atoms with van der Waals surface area (Å²) in [6, 6.07) is 8.36. The number of nitrogens with one attached hydrogen (secondary N) is 2. The van der Waals surface area contributed by atoms with Crippen LogP contribution in [0.25, 0.3) is 0 Å². The van der Waals surface area contributed by atoms with E-state index in [0.29, 0.717) is 5.82 Å². The molecule has 1 aromatic carbocycles. The molecule has 0 bridgehead atoms. The summed E-state index contributed by atoms with van der Waals surface area (Å²) in [7, 11) is -3.56. The molecule has 0 unspecified atom stereocenters. The molecule has 0 saturated carbocycles. The Morgan fingerprint density at radius 1 is 1.28 bits per heavy atom. The van der Waals surface area contributed by atoms with Crippen LogP contribution in [0.1, 0.15) is 18.2 Å². The van der Waals surface area contributed by atoms with Crippen molar-refractivity contribution >= 4 is 15.8 Å². The van der Waals surface area contributed by atoms with Gasteiger partial charge in [-0.05, 0) is 25.5 Å². The predicted molar refractivity (Wildman–Crippen MR) is 70.0 cm³/mol. The number of nitrogens with zero attached hydrogens (tertiary/aromatic N) is 1. The molecule has 0 fully saturated rings. The molecule has 2 rings (SSSR count). The highest BCUT2D eigenvalue weighted by molar-refractivity contribution is 7.92.